The molecule has 1 aliphatic rings. The van der Waals surface area contributed by atoms with Crippen LogP contribution in [0.3, 0.4) is 0 Å². The van der Waals surface area contributed by atoms with Crippen molar-refractivity contribution in [3.63, 3.8) is 0 Å². The quantitative estimate of drug-likeness (QED) is 0.636. The van der Waals surface area contributed by atoms with Gasteiger partial charge in [-0.3, -0.25) is 9.59 Å². The number of nitrogens with zero attached hydrogens (tertiary/aromatic N) is 1. The Morgan fingerprint density at radius 3 is 2.38 bits per heavy atom. The van der Waals surface area contributed by atoms with Crippen molar-refractivity contribution in [2.75, 3.05) is 10.6 Å². The number of carbonyl (C=O) groups is 2. The van der Waals surface area contributed by atoms with Crippen molar-refractivity contribution >= 4 is 39.1 Å². The summed E-state index contributed by atoms with van der Waals surface area (Å²) in [5, 5.41) is 0. The highest BCUT2D eigenvalue weighted by molar-refractivity contribution is 9.10. The molecular formula is C16H13BrN2O2. The lowest BCUT2D eigenvalue weighted by molar-refractivity contribution is 0.0926. The van der Waals surface area contributed by atoms with Gasteiger partial charge in [-0.2, -0.15) is 0 Å². The van der Waals surface area contributed by atoms with Gasteiger partial charge >= 0.3 is 0 Å². The molecule has 0 saturated heterocycles. The SMILES string of the molecule is Cc1ccc2c(c1)C(=O)N(c1cc(N)c(C)cc1Br)C2=O. The topological polar surface area (TPSA) is 63.4 Å². The fourth-order valence-electron chi connectivity index (χ4n) is 2.42. The third-order valence-electron chi connectivity index (χ3n) is 3.62. The molecule has 5 heteroatoms. The van der Waals surface area contributed by atoms with Crippen molar-refractivity contribution in [1.82, 2.24) is 0 Å². The summed E-state index contributed by atoms with van der Waals surface area (Å²) in [6.45, 7) is 3.76. The lowest BCUT2D eigenvalue weighted by Crippen LogP contribution is -2.29. The van der Waals surface area contributed by atoms with E-state index in [9.17, 15) is 9.59 Å². The van der Waals surface area contributed by atoms with Gasteiger partial charge < -0.3 is 5.73 Å². The Hall–Kier alpha value is -2.14. The van der Waals surface area contributed by atoms with E-state index in [1.807, 2.05) is 19.9 Å². The van der Waals surface area contributed by atoms with Gasteiger partial charge in [-0.25, -0.2) is 4.90 Å². The average Bonchev–Trinajstić information content (AvgIpc) is 2.66. The van der Waals surface area contributed by atoms with Gasteiger partial charge in [-0.05, 0) is 59.6 Å². The first kappa shape index (κ1) is 13.8. The molecule has 2 amide bonds. The number of anilines is 2. The van der Waals surface area contributed by atoms with Gasteiger partial charge in [0.25, 0.3) is 11.8 Å². The van der Waals surface area contributed by atoms with Crippen LogP contribution in [-0.4, -0.2) is 11.8 Å². The minimum atomic E-state index is -0.320. The maximum absolute atomic E-state index is 12.6. The monoisotopic (exact) mass is 344 g/mol. The first-order valence-corrected chi connectivity index (χ1v) is 7.24. The maximum Gasteiger partial charge on any atom is 0.266 e. The van der Waals surface area contributed by atoms with Crippen LogP contribution in [0.25, 0.3) is 0 Å². The van der Waals surface area contributed by atoms with Crippen molar-refractivity contribution in [3.05, 3.63) is 57.1 Å². The molecule has 0 spiro atoms. The number of fused-ring (bicyclic) bond motifs is 1. The molecule has 0 aliphatic carbocycles. The number of aryl methyl sites for hydroxylation is 2. The molecule has 0 atom stereocenters. The summed E-state index contributed by atoms with van der Waals surface area (Å²) >= 11 is 3.40. The van der Waals surface area contributed by atoms with E-state index in [2.05, 4.69) is 15.9 Å². The number of hydrogen-bond acceptors (Lipinski definition) is 3. The molecular weight excluding hydrogens is 332 g/mol. The second-order valence-electron chi connectivity index (χ2n) is 5.15. The van der Waals surface area contributed by atoms with Crippen molar-refractivity contribution < 1.29 is 9.59 Å². The minimum absolute atomic E-state index is 0.317. The normalized spacial score (nSPS) is 13.8. The number of carbonyl (C=O) groups excluding carboxylic acids is 2. The van der Waals surface area contributed by atoms with Crippen molar-refractivity contribution in [1.29, 1.82) is 0 Å². The third kappa shape index (κ3) is 2.05. The molecule has 1 aliphatic heterocycles. The summed E-state index contributed by atoms with van der Waals surface area (Å²) in [6.07, 6.45) is 0. The number of hydrogen-bond donors (Lipinski definition) is 1. The predicted molar refractivity (Wildman–Crippen MR) is 85.6 cm³/mol. The molecule has 21 heavy (non-hydrogen) atoms. The highest BCUT2D eigenvalue weighted by Crippen LogP contribution is 2.36. The van der Waals surface area contributed by atoms with Crippen molar-refractivity contribution in [2.45, 2.75) is 13.8 Å². The standard InChI is InChI=1S/C16H13BrN2O2/c1-8-3-4-10-11(5-8)16(21)19(15(10)20)14-7-13(18)9(2)6-12(14)17/h3-7H,18H2,1-2H3. The zero-order chi connectivity index (χ0) is 15.3. The lowest BCUT2D eigenvalue weighted by Gasteiger charge is -2.17. The molecule has 0 unspecified atom stereocenters. The van der Waals surface area contributed by atoms with E-state index in [1.165, 1.54) is 4.90 Å². The van der Waals surface area contributed by atoms with Gasteiger partial charge in [-0.15, -0.1) is 0 Å². The summed E-state index contributed by atoms with van der Waals surface area (Å²) in [6, 6.07) is 8.71. The summed E-state index contributed by atoms with van der Waals surface area (Å²) in [5.74, 6) is -0.637. The number of halogens is 1. The zero-order valence-electron chi connectivity index (χ0n) is 11.6. The molecule has 2 N–H and O–H groups in total. The van der Waals surface area contributed by atoms with E-state index >= 15 is 0 Å². The van der Waals surface area contributed by atoms with Crippen molar-refractivity contribution in [3.8, 4) is 0 Å². The van der Waals surface area contributed by atoms with Crippen molar-refractivity contribution in [2.24, 2.45) is 0 Å². The van der Waals surface area contributed by atoms with E-state index in [0.29, 0.717) is 27.0 Å². The lowest BCUT2D eigenvalue weighted by atomic mass is 10.1. The van der Waals surface area contributed by atoms with Crippen LogP contribution in [0, 0.1) is 13.8 Å². The summed E-state index contributed by atoms with van der Waals surface area (Å²) in [4.78, 5) is 26.2. The van der Waals surface area contributed by atoms with E-state index in [4.69, 9.17) is 5.73 Å². The molecule has 0 fully saturated rings. The number of rotatable bonds is 1. The number of nitrogens with two attached hydrogens (primary N) is 1. The summed E-state index contributed by atoms with van der Waals surface area (Å²) in [7, 11) is 0. The second-order valence-corrected chi connectivity index (χ2v) is 6.01. The van der Waals surface area contributed by atoms with Crippen LogP contribution in [0.4, 0.5) is 11.4 Å². The largest absolute Gasteiger partial charge is 0.398 e. The Balaban J connectivity index is 2.16. The molecule has 2 aromatic rings. The molecule has 0 saturated carbocycles. The van der Waals surface area contributed by atoms with Gasteiger partial charge in [0, 0.05) is 10.2 Å². The van der Waals surface area contributed by atoms with Crippen LogP contribution in [0.15, 0.2) is 34.8 Å². The summed E-state index contributed by atoms with van der Waals surface area (Å²) < 4.78 is 0.667. The number of benzene rings is 2. The van der Waals surface area contributed by atoms with Crippen LogP contribution in [-0.2, 0) is 0 Å². The minimum Gasteiger partial charge on any atom is -0.398 e. The van der Waals surface area contributed by atoms with Gasteiger partial charge in [0.1, 0.15) is 0 Å². The van der Waals surface area contributed by atoms with Gasteiger partial charge in [0.2, 0.25) is 0 Å². The third-order valence-corrected chi connectivity index (χ3v) is 4.25. The van der Waals surface area contributed by atoms with Crippen LogP contribution in [0.1, 0.15) is 31.8 Å². The molecule has 3 rings (SSSR count). The Bertz CT molecular complexity index is 799. The fourth-order valence-corrected chi connectivity index (χ4v) is 3.06. The molecule has 4 nitrogen and oxygen atoms in total. The molecule has 1 heterocycles. The van der Waals surface area contributed by atoms with Crippen LogP contribution in [0.5, 0.6) is 0 Å². The number of nitrogen functional groups attached to an aromatic ring is 1. The van der Waals surface area contributed by atoms with E-state index < -0.39 is 0 Å². The van der Waals surface area contributed by atoms with Gasteiger partial charge in [0.05, 0.1) is 16.8 Å². The Labute approximate surface area is 130 Å². The van der Waals surface area contributed by atoms with Gasteiger partial charge in [-0.1, -0.05) is 11.6 Å². The maximum atomic E-state index is 12.6. The Kier molecular flexibility index (Phi) is 3.10. The number of amides is 2. The van der Waals surface area contributed by atoms with E-state index in [-0.39, 0.29) is 11.8 Å². The van der Waals surface area contributed by atoms with Gasteiger partial charge in [0.15, 0.2) is 0 Å². The van der Waals surface area contributed by atoms with Crippen LogP contribution < -0.4 is 10.6 Å². The highest BCUT2D eigenvalue weighted by Gasteiger charge is 2.37. The molecule has 0 aromatic heterocycles. The molecule has 0 radical (unpaired) electrons. The average molecular weight is 345 g/mol. The first-order valence-electron chi connectivity index (χ1n) is 6.45. The predicted octanol–water partition coefficient (Wildman–Crippen LogP) is 3.45. The van der Waals surface area contributed by atoms with Crippen LogP contribution in [0.2, 0.25) is 0 Å². The first-order chi connectivity index (χ1) is 9.90. The molecule has 0 bridgehead atoms. The zero-order valence-corrected chi connectivity index (χ0v) is 13.2. The number of imide groups is 1. The Morgan fingerprint density at radius 2 is 1.67 bits per heavy atom. The second kappa shape index (κ2) is 4.70. The van der Waals surface area contributed by atoms with E-state index in [1.54, 1.807) is 24.3 Å². The smallest absolute Gasteiger partial charge is 0.266 e. The van der Waals surface area contributed by atoms with E-state index in [0.717, 1.165) is 11.1 Å². The fraction of sp³-hybridized carbons (Fsp3) is 0.125. The molecule has 2 aromatic carbocycles. The Morgan fingerprint density at radius 1 is 1.00 bits per heavy atom. The summed E-state index contributed by atoms with van der Waals surface area (Å²) in [5.41, 5.74) is 9.62. The molecule has 106 valence electrons. The van der Waals surface area contributed by atoms with Crippen LogP contribution >= 0.6 is 15.9 Å². The highest BCUT2D eigenvalue weighted by atomic mass is 79.9.